The van der Waals surface area contributed by atoms with Gasteiger partial charge in [0.15, 0.2) is 5.69 Å². The summed E-state index contributed by atoms with van der Waals surface area (Å²) in [6.45, 7) is 18.7. The highest BCUT2D eigenvalue weighted by Gasteiger charge is 2.37. The van der Waals surface area contributed by atoms with Gasteiger partial charge in [0, 0.05) is 22.6 Å². The molecule has 7 rings (SSSR count). The quantitative estimate of drug-likeness (QED) is 0.210. The molecule has 6 aromatic rings. The summed E-state index contributed by atoms with van der Waals surface area (Å²) in [6, 6.07) is 34.8. The standard InChI is InChI=1S/C40H34N4O/c1-39(2,3)27-14-11-25(12-15-27)29-17-20-36(45)38-30(29)16-19-33(43-38)26-13-18-32-35(23-26)44(37-24-28(41-6)21-22-42-37)34-10-8-7-9-31(34)40(32,4)5/h7-24,45H,1-5H3. The topological polar surface area (TPSA) is 53.6 Å². The third-order valence-corrected chi connectivity index (χ3v) is 9.01. The van der Waals surface area contributed by atoms with Crippen molar-refractivity contribution in [2.75, 3.05) is 4.90 Å². The van der Waals surface area contributed by atoms with Crippen LogP contribution in [0.15, 0.2) is 109 Å². The normalized spacial score (nSPS) is 13.6. The number of phenols is 1. The summed E-state index contributed by atoms with van der Waals surface area (Å²) in [5.41, 5.74) is 10.4. The molecule has 0 bridgehead atoms. The van der Waals surface area contributed by atoms with Gasteiger partial charge >= 0.3 is 0 Å². The number of anilines is 3. The lowest BCUT2D eigenvalue weighted by atomic mass is 9.73. The largest absolute Gasteiger partial charge is 0.506 e. The van der Waals surface area contributed by atoms with Gasteiger partial charge in [0.05, 0.1) is 23.6 Å². The number of aromatic nitrogens is 2. The molecule has 0 saturated heterocycles. The molecule has 0 atom stereocenters. The van der Waals surface area contributed by atoms with Gasteiger partial charge in [0.25, 0.3) is 0 Å². The summed E-state index contributed by atoms with van der Waals surface area (Å²) in [5.74, 6) is 0.841. The smallest absolute Gasteiger partial charge is 0.192 e. The Morgan fingerprint density at radius 2 is 1.51 bits per heavy atom. The second-order valence-corrected chi connectivity index (χ2v) is 13.2. The van der Waals surface area contributed by atoms with Gasteiger partial charge in [0.1, 0.15) is 17.1 Å². The van der Waals surface area contributed by atoms with Crippen molar-refractivity contribution in [3.8, 4) is 28.1 Å². The van der Waals surface area contributed by atoms with Crippen molar-refractivity contribution in [3.63, 3.8) is 0 Å². The zero-order chi connectivity index (χ0) is 31.5. The number of nitrogens with zero attached hydrogens (tertiary/aromatic N) is 4. The van der Waals surface area contributed by atoms with Crippen LogP contribution >= 0.6 is 0 Å². The molecule has 1 N–H and O–H groups in total. The number of fused-ring (bicyclic) bond motifs is 3. The molecule has 0 unspecified atom stereocenters. The highest BCUT2D eigenvalue weighted by atomic mass is 16.3. The van der Waals surface area contributed by atoms with Crippen LogP contribution in [-0.4, -0.2) is 15.1 Å². The zero-order valence-corrected chi connectivity index (χ0v) is 26.1. The van der Waals surface area contributed by atoms with E-state index in [0.29, 0.717) is 17.0 Å². The number of hydrogen-bond donors (Lipinski definition) is 1. The maximum absolute atomic E-state index is 11.0. The molecule has 5 nitrogen and oxygen atoms in total. The Hall–Kier alpha value is -5.47. The number of para-hydroxylation sites is 1. The van der Waals surface area contributed by atoms with Crippen molar-refractivity contribution in [2.45, 2.75) is 45.4 Å². The Labute approximate surface area is 264 Å². The van der Waals surface area contributed by atoms with E-state index in [1.54, 1.807) is 18.3 Å². The second-order valence-electron chi connectivity index (χ2n) is 13.2. The molecule has 1 aliphatic rings. The fourth-order valence-corrected chi connectivity index (χ4v) is 6.49. The lowest BCUT2D eigenvalue weighted by Gasteiger charge is -2.41. The van der Waals surface area contributed by atoms with E-state index < -0.39 is 0 Å². The van der Waals surface area contributed by atoms with Crippen LogP contribution in [0.5, 0.6) is 5.75 Å². The molecule has 220 valence electrons. The van der Waals surface area contributed by atoms with Gasteiger partial charge in [-0.05, 0) is 81.8 Å². The SMILES string of the molecule is [C-]#[N+]c1ccnc(N2c3ccccc3C(C)(C)c3ccc(-c4ccc5c(-c6ccc(C(C)(C)C)cc6)ccc(O)c5n4)cc32)c1. The van der Waals surface area contributed by atoms with Gasteiger partial charge in [-0.1, -0.05) is 89.2 Å². The summed E-state index contributed by atoms with van der Waals surface area (Å²) in [5, 5.41) is 11.9. The van der Waals surface area contributed by atoms with E-state index in [2.05, 4.69) is 111 Å². The highest BCUT2D eigenvalue weighted by molar-refractivity contribution is 5.99. The van der Waals surface area contributed by atoms with Gasteiger partial charge in [-0.2, -0.15) is 0 Å². The van der Waals surface area contributed by atoms with Gasteiger partial charge < -0.3 is 5.11 Å². The molecule has 1 aliphatic heterocycles. The van der Waals surface area contributed by atoms with Crippen molar-refractivity contribution < 1.29 is 5.11 Å². The summed E-state index contributed by atoms with van der Waals surface area (Å²) >= 11 is 0. The van der Waals surface area contributed by atoms with Gasteiger partial charge in [0.2, 0.25) is 0 Å². The van der Waals surface area contributed by atoms with E-state index in [0.717, 1.165) is 44.7 Å². The Morgan fingerprint density at radius 1 is 0.778 bits per heavy atom. The lowest BCUT2D eigenvalue weighted by Crippen LogP contribution is -2.30. The predicted molar refractivity (Wildman–Crippen MR) is 184 cm³/mol. The fraction of sp³-hybridized carbons (Fsp3) is 0.175. The number of pyridine rings is 2. The molecular weight excluding hydrogens is 552 g/mol. The minimum absolute atomic E-state index is 0.0730. The second kappa shape index (κ2) is 10.3. The van der Waals surface area contributed by atoms with Crippen molar-refractivity contribution in [1.29, 1.82) is 0 Å². The van der Waals surface area contributed by atoms with Gasteiger partial charge in [-0.25, -0.2) is 14.8 Å². The number of phenolic OH excluding ortho intramolecular Hbond substituents is 1. The van der Waals surface area contributed by atoms with E-state index in [4.69, 9.17) is 16.5 Å². The number of benzene rings is 4. The molecule has 4 aromatic carbocycles. The average molecular weight is 587 g/mol. The Balaban J connectivity index is 1.37. The molecule has 0 fully saturated rings. The van der Waals surface area contributed by atoms with E-state index in [1.807, 2.05) is 24.3 Å². The van der Waals surface area contributed by atoms with Crippen LogP contribution in [-0.2, 0) is 10.8 Å². The van der Waals surface area contributed by atoms with Crippen LogP contribution < -0.4 is 4.90 Å². The molecule has 0 aliphatic carbocycles. The highest BCUT2D eigenvalue weighted by Crippen LogP contribution is 2.52. The Bertz CT molecular complexity index is 2150. The fourth-order valence-electron chi connectivity index (χ4n) is 6.49. The first-order valence-electron chi connectivity index (χ1n) is 15.2. The number of aromatic hydroxyl groups is 1. The molecular formula is C40H34N4O. The van der Waals surface area contributed by atoms with Gasteiger partial charge in [-0.3, -0.25) is 4.90 Å². The van der Waals surface area contributed by atoms with Crippen LogP contribution in [0.3, 0.4) is 0 Å². The summed E-state index contributed by atoms with van der Waals surface area (Å²) in [7, 11) is 0. The minimum Gasteiger partial charge on any atom is -0.506 e. The molecule has 0 spiro atoms. The average Bonchev–Trinajstić information content (AvgIpc) is 3.04. The Morgan fingerprint density at radius 3 is 2.27 bits per heavy atom. The Kier molecular flexibility index (Phi) is 6.49. The summed E-state index contributed by atoms with van der Waals surface area (Å²) < 4.78 is 0. The number of hydrogen-bond acceptors (Lipinski definition) is 4. The van der Waals surface area contributed by atoms with Crippen LogP contribution in [0.25, 0.3) is 38.1 Å². The van der Waals surface area contributed by atoms with E-state index in [1.165, 1.54) is 11.1 Å². The third-order valence-electron chi connectivity index (χ3n) is 9.01. The predicted octanol–water partition coefficient (Wildman–Crippen LogP) is 10.6. The van der Waals surface area contributed by atoms with E-state index >= 15 is 0 Å². The molecule has 3 heterocycles. The van der Waals surface area contributed by atoms with E-state index in [-0.39, 0.29) is 16.6 Å². The van der Waals surface area contributed by atoms with Crippen molar-refractivity contribution in [3.05, 3.63) is 137 Å². The first-order valence-corrected chi connectivity index (χ1v) is 15.2. The summed E-state index contributed by atoms with van der Waals surface area (Å²) in [4.78, 5) is 15.5. The number of rotatable bonds is 3. The molecule has 0 amide bonds. The van der Waals surface area contributed by atoms with E-state index in [9.17, 15) is 5.11 Å². The van der Waals surface area contributed by atoms with Crippen LogP contribution in [0.1, 0.15) is 51.3 Å². The third kappa shape index (κ3) is 4.71. The van der Waals surface area contributed by atoms with Crippen LogP contribution in [0.4, 0.5) is 22.9 Å². The maximum Gasteiger partial charge on any atom is 0.192 e. The van der Waals surface area contributed by atoms with Crippen LogP contribution in [0.2, 0.25) is 0 Å². The summed E-state index contributed by atoms with van der Waals surface area (Å²) in [6.07, 6.45) is 1.69. The zero-order valence-electron chi connectivity index (χ0n) is 26.1. The van der Waals surface area contributed by atoms with Gasteiger partial charge in [-0.15, -0.1) is 0 Å². The minimum atomic E-state index is -0.259. The first kappa shape index (κ1) is 28.3. The first-order chi connectivity index (χ1) is 21.6. The van der Waals surface area contributed by atoms with Crippen molar-refractivity contribution in [2.24, 2.45) is 0 Å². The molecule has 0 radical (unpaired) electrons. The molecule has 45 heavy (non-hydrogen) atoms. The van der Waals surface area contributed by atoms with Crippen molar-refractivity contribution in [1.82, 2.24) is 9.97 Å². The van der Waals surface area contributed by atoms with Crippen molar-refractivity contribution >= 4 is 33.8 Å². The maximum atomic E-state index is 11.0. The molecule has 5 heteroatoms. The monoisotopic (exact) mass is 586 g/mol. The van der Waals surface area contributed by atoms with Crippen LogP contribution in [0, 0.1) is 6.57 Å². The molecule has 2 aromatic heterocycles. The lowest BCUT2D eigenvalue weighted by molar-refractivity contribution is 0.480. The molecule has 0 saturated carbocycles.